The Labute approximate surface area is 97.6 Å². The van der Waals surface area contributed by atoms with Crippen molar-refractivity contribution >= 4 is 5.97 Å². The number of rotatable bonds is 4. The molecule has 1 heterocycles. The van der Waals surface area contributed by atoms with Crippen LogP contribution in [-0.4, -0.2) is 46.8 Å². The van der Waals surface area contributed by atoms with Gasteiger partial charge in [-0.2, -0.15) is 0 Å². The number of carboxylic acid groups (broad SMARTS) is 1. The van der Waals surface area contributed by atoms with Crippen molar-refractivity contribution < 1.29 is 14.6 Å². The molecule has 16 heavy (non-hydrogen) atoms. The molecule has 1 rings (SSSR count). The summed E-state index contributed by atoms with van der Waals surface area (Å²) >= 11 is 0. The van der Waals surface area contributed by atoms with E-state index >= 15 is 0 Å². The van der Waals surface area contributed by atoms with Crippen molar-refractivity contribution in [2.75, 3.05) is 13.1 Å². The molecule has 0 saturated carbocycles. The van der Waals surface area contributed by atoms with Gasteiger partial charge in [0.25, 0.3) is 0 Å². The highest BCUT2D eigenvalue weighted by atomic mass is 16.5. The van der Waals surface area contributed by atoms with Crippen LogP contribution in [0.15, 0.2) is 0 Å². The minimum Gasteiger partial charge on any atom is -0.480 e. The van der Waals surface area contributed by atoms with Crippen LogP contribution in [0.2, 0.25) is 0 Å². The molecule has 2 unspecified atom stereocenters. The second-order valence-corrected chi connectivity index (χ2v) is 5.59. The molecular formula is C12H23NO3. The van der Waals surface area contributed by atoms with Crippen molar-refractivity contribution in [2.24, 2.45) is 0 Å². The number of hydrogen-bond acceptors (Lipinski definition) is 3. The summed E-state index contributed by atoms with van der Waals surface area (Å²) in [7, 11) is 0. The number of carboxylic acids is 1. The topological polar surface area (TPSA) is 49.8 Å². The molecule has 2 atom stereocenters. The van der Waals surface area contributed by atoms with Gasteiger partial charge in [0, 0.05) is 12.1 Å². The molecule has 0 spiro atoms. The molecule has 0 aromatic carbocycles. The number of carbonyl (C=O) groups is 1. The first-order valence-electron chi connectivity index (χ1n) is 5.91. The molecule has 4 nitrogen and oxygen atoms in total. The summed E-state index contributed by atoms with van der Waals surface area (Å²) in [5.74, 6) is -0.777. The largest absolute Gasteiger partial charge is 0.480 e. The molecular weight excluding hydrogens is 206 g/mol. The van der Waals surface area contributed by atoms with Gasteiger partial charge in [-0.05, 0) is 40.5 Å². The van der Waals surface area contributed by atoms with E-state index in [-0.39, 0.29) is 18.2 Å². The molecule has 0 aliphatic carbocycles. The maximum atomic E-state index is 10.8. The van der Waals surface area contributed by atoms with Gasteiger partial charge in [-0.1, -0.05) is 0 Å². The second kappa shape index (κ2) is 5.15. The summed E-state index contributed by atoms with van der Waals surface area (Å²) in [6, 6.07) is 0. The number of ether oxygens (including phenoxy) is 1. The van der Waals surface area contributed by atoms with E-state index in [1.165, 1.54) is 0 Å². The van der Waals surface area contributed by atoms with Gasteiger partial charge < -0.3 is 9.84 Å². The summed E-state index contributed by atoms with van der Waals surface area (Å²) < 4.78 is 5.73. The third kappa shape index (κ3) is 4.10. The zero-order valence-corrected chi connectivity index (χ0v) is 10.7. The van der Waals surface area contributed by atoms with Crippen LogP contribution >= 0.6 is 0 Å². The Morgan fingerprint density at radius 2 is 2.06 bits per heavy atom. The minimum atomic E-state index is -0.777. The quantitative estimate of drug-likeness (QED) is 0.797. The van der Waals surface area contributed by atoms with Crippen LogP contribution < -0.4 is 0 Å². The highest BCUT2D eigenvalue weighted by Crippen LogP contribution is 2.22. The Morgan fingerprint density at radius 3 is 2.44 bits per heavy atom. The summed E-state index contributed by atoms with van der Waals surface area (Å²) in [4.78, 5) is 12.8. The number of nitrogens with zero attached hydrogens (tertiary/aromatic N) is 1. The molecule has 0 amide bonds. The molecule has 0 bridgehead atoms. The molecule has 1 fully saturated rings. The predicted molar refractivity (Wildman–Crippen MR) is 62.5 cm³/mol. The molecule has 0 radical (unpaired) electrons. The monoisotopic (exact) mass is 229 g/mol. The summed E-state index contributed by atoms with van der Waals surface area (Å²) in [5, 5.41) is 8.89. The van der Waals surface area contributed by atoms with Gasteiger partial charge in [-0.15, -0.1) is 0 Å². The van der Waals surface area contributed by atoms with E-state index in [1.54, 1.807) is 0 Å². The van der Waals surface area contributed by atoms with Gasteiger partial charge >= 0.3 is 5.97 Å². The van der Waals surface area contributed by atoms with Crippen molar-refractivity contribution in [3.63, 3.8) is 0 Å². The smallest absolute Gasteiger partial charge is 0.317 e. The van der Waals surface area contributed by atoms with E-state index in [2.05, 4.69) is 6.92 Å². The van der Waals surface area contributed by atoms with Crippen molar-refractivity contribution in [1.29, 1.82) is 0 Å². The van der Waals surface area contributed by atoms with Crippen LogP contribution in [0, 0.1) is 0 Å². The lowest BCUT2D eigenvalue weighted by atomic mass is 10.0. The van der Waals surface area contributed by atoms with E-state index in [4.69, 9.17) is 9.84 Å². The molecule has 0 aromatic heterocycles. The predicted octanol–water partition coefficient (Wildman–Crippen LogP) is 1.74. The number of hydrogen-bond donors (Lipinski definition) is 1. The van der Waals surface area contributed by atoms with Crippen LogP contribution in [0.1, 0.15) is 40.5 Å². The standard InChI is InChI=1S/C12H23NO3/c1-9-5-6-10(16-9)7-13(8-11(14)15)12(2,3)4/h9-10H,5-8H2,1-4H3,(H,14,15). The van der Waals surface area contributed by atoms with Gasteiger partial charge in [0.15, 0.2) is 0 Å². The Bertz CT molecular complexity index is 247. The van der Waals surface area contributed by atoms with Crippen LogP contribution in [0.25, 0.3) is 0 Å². The van der Waals surface area contributed by atoms with Crippen LogP contribution in [0.4, 0.5) is 0 Å². The Morgan fingerprint density at radius 1 is 1.44 bits per heavy atom. The van der Waals surface area contributed by atoms with Gasteiger partial charge in [0.05, 0.1) is 18.8 Å². The molecule has 94 valence electrons. The number of aliphatic carboxylic acids is 1. The van der Waals surface area contributed by atoms with Crippen molar-refractivity contribution in [3.05, 3.63) is 0 Å². The van der Waals surface area contributed by atoms with Crippen LogP contribution in [0.5, 0.6) is 0 Å². The fraction of sp³-hybridized carbons (Fsp3) is 0.917. The van der Waals surface area contributed by atoms with Crippen LogP contribution in [-0.2, 0) is 9.53 Å². The Kier molecular flexibility index (Phi) is 4.33. The second-order valence-electron chi connectivity index (χ2n) is 5.59. The highest BCUT2D eigenvalue weighted by molar-refractivity contribution is 5.69. The SMILES string of the molecule is CC1CCC(CN(CC(=O)O)C(C)(C)C)O1. The normalized spacial score (nSPS) is 26.3. The maximum Gasteiger partial charge on any atom is 0.317 e. The zero-order chi connectivity index (χ0) is 12.3. The Hall–Kier alpha value is -0.610. The first-order valence-corrected chi connectivity index (χ1v) is 5.91. The van der Waals surface area contributed by atoms with Gasteiger partial charge in [0.1, 0.15) is 0 Å². The van der Waals surface area contributed by atoms with Crippen LogP contribution in [0.3, 0.4) is 0 Å². The fourth-order valence-corrected chi connectivity index (χ4v) is 2.00. The molecule has 1 saturated heterocycles. The van der Waals surface area contributed by atoms with Crippen molar-refractivity contribution in [3.8, 4) is 0 Å². The molecule has 1 aliphatic heterocycles. The molecule has 1 aliphatic rings. The van der Waals surface area contributed by atoms with Crippen molar-refractivity contribution in [1.82, 2.24) is 4.90 Å². The van der Waals surface area contributed by atoms with E-state index in [1.807, 2.05) is 25.7 Å². The average molecular weight is 229 g/mol. The van der Waals surface area contributed by atoms with E-state index in [0.29, 0.717) is 12.6 Å². The molecule has 0 aromatic rings. The zero-order valence-electron chi connectivity index (χ0n) is 10.7. The van der Waals surface area contributed by atoms with E-state index in [0.717, 1.165) is 12.8 Å². The third-order valence-electron chi connectivity index (χ3n) is 3.02. The summed E-state index contributed by atoms with van der Waals surface area (Å²) in [5.41, 5.74) is -0.131. The lowest BCUT2D eigenvalue weighted by molar-refractivity contribution is -0.140. The summed E-state index contributed by atoms with van der Waals surface area (Å²) in [6.07, 6.45) is 2.62. The first-order chi connectivity index (χ1) is 7.29. The minimum absolute atomic E-state index is 0.0811. The molecule has 4 heteroatoms. The van der Waals surface area contributed by atoms with Gasteiger partial charge in [-0.3, -0.25) is 9.69 Å². The first kappa shape index (κ1) is 13.5. The van der Waals surface area contributed by atoms with E-state index in [9.17, 15) is 4.79 Å². The fourth-order valence-electron chi connectivity index (χ4n) is 2.00. The highest BCUT2D eigenvalue weighted by Gasteiger charge is 2.29. The molecule has 1 N–H and O–H groups in total. The van der Waals surface area contributed by atoms with Gasteiger partial charge in [0.2, 0.25) is 0 Å². The van der Waals surface area contributed by atoms with Gasteiger partial charge in [-0.25, -0.2) is 0 Å². The van der Waals surface area contributed by atoms with E-state index < -0.39 is 5.97 Å². The lowest BCUT2D eigenvalue weighted by Crippen LogP contribution is -2.48. The average Bonchev–Trinajstić information content (AvgIpc) is 2.47. The third-order valence-corrected chi connectivity index (χ3v) is 3.02. The summed E-state index contributed by atoms with van der Waals surface area (Å²) in [6.45, 7) is 8.97. The Balaban J connectivity index is 2.53. The lowest BCUT2D eigenvalue weighted by Gasteiger charge is -2.35. The van der Waals surface area contributed by atoms with Crippen molar-refractivity contribution in [2.45, 2.75) is 58.3 Å². The maximum absolute atomic E-state index is 10.8.